The first-order valence-electron chi connectivity index (χ1n) is 8.11. The Hall–Kier alpha value is -1.46. The van der Waals surface area contributed by atoms with Crippen LogP contribution in [-0.4, -0.2) is 35.0 Å². The summed E-state index contributed by atoms with van der Waals surface area (Å²) in [6, 6.07) is 5.43. The van der Waals surface area contributed by atoms with E-state index in [-0.39, 0.29) is 17.6 Å². The zero-order chi connectivity index (χ0) is 17.4. The van der Waals surface area contributed by atoms with Gasteiger partial charge in [0.1, 0.15) is 5.82 Å². The molecule has 1 aliphatic rings. The number of carbonyl (C=O) groups excluding carboxylic acids is 1. The van der Waals surface area contributed by atoms with Gasteiger partial charge in [0.15, 0.2) is 0 Å². The summed E-state index contributed by atoms with van der Waals surface area (Å²) in [7, 11) is 0. The first kappa shape index (κ1) is 17.9. The van der Waals surface area contributed by atoms with Crippen LogP contribution < -0.4 is 5.73 Å². The number of rotatable bonds is 3. The minimum atomic E-state index is -1.10. The second kappa shape index (κ2) is 6.21. The highest BCUT2D eigenvalue weighted by molar-refractivity contribution is 5.82. The van der Waals surface area contributed by atoms with Gasteiger partial charge in [0.25, 0.3) is 0 Å². The van der Waals surface area contributed by atoms with Gasteiger partial charge in [-0.2, -0.15) is 0 Å². The van der Waals surface area contributed by atoms with E-state index >= 15 is 0 Å². The Morgan fingerprint density at radius 2 is 1.87 bits per heavy atom. The van der Waals surface area contributed by atoms with Crippen molar-refractivity contribution in [3.63, 3.8) is 0 Å². The van der Waals surface area contributed by atoms with Gasteiger partial charge in [-0.05, 0) is 30.0 Å². The maximum atomic E-state index is 13.2. The van der Waals surface area contributed by atoms with Crippen molar-refractivity contribution >= 4 is 5.91 Å². The van der Waals surface area contributed by atoms with Crippen LogP contribution >= 0.6 is 0 Å². The quantitative estimate of drug-likeness (QED) is 0.897. The molecular formula is C18H27FN2O2. The molecule has 128 valence electrons. The SMILES string of the molecule is CC(C)[C@@H](N)C(=O)N1CCC(O)(c2ccc(F)cc2)C(C)(C)C1. The average Bonchev–Trinajstić information content (AvgIpc) is 2.49. The van der Waals surface area contributed by atoms with Crippen molar-refractivity contribution < 1.29 is 14.3 Å². The Labute approximate surface area is 137 Å². The fourth-order valence-electron chi connectivity index (χ4n) is 3.27. The monoisotopic (exact) mass is 322 g/mol. The van der Waals surface area contributed by atoms with E-state index in [1.807, 2.05) is 27.7 Å². The van der Waals surface area contributed by atoms with E-state index in [4.69, 9.17) is 5.73 Å². The van der Waals surface area contributed by atoms with Crippen LogP contribution in [-0.2, 0) is 10.4 Å². The summed E-state index contributed by atoms with van der Waals surface area (Å²) in [5, 5.41) is 11.2. The molecule has 0 spiro atoms. The van der Waals surface area contributed by atoms with Gasteiger partial charge in [0.05, 0.1) is 11.6 Å². The number of benzene rings is 1. The van der Waals surface area contributed by atoms with Crippen molar-refractivity contribution in [1.29, 1.82) is 0 Å². The molecule has 1 heterocycles. The molecule has 3 N–H and O–H groups in total. The molecule has 1 fully saturated rings. The first-order valence-corrected chi connectivity index (χ1v) is 8.11. The Morgan fingerprint density at radius 3 is 2.35 bits per heavy atom. The van der Waals surface area contributed by atoms with Crippen molar-refractivity contribution in [3.8, 4) is 0 Å². The van der Waals surface area contributed by atoms with Crippen LogP contribution in [0.15, 0.2) is 24.3 Å². The third kappa shape index (κ3) is 3.26. The van der Waals surface area contributed by atoms with Crippen LogP contribution in [0.3, 0.4) is 0 Å². The first-order chi connectivity index (χ1) is 10.6. The summed E-state index contributed by atoms with van der Waals surface area (Å²) < 4.78 is 13.2. The van der Waals surface area contributed by atoms with Gasteiger partial charge in [-0.15, -0.1) is 0 Å². The predicted octanol–water partition coefficient (Wildman–Crippen LogP) is 2.26. The van der Waals surface area contributed by atoms with Gasteiger partial charge in [-0.25, -0.2) is 4.39 Å². The summed E-state index contributed by atoms with van der Waals surface area (Å²) in [5.41, 5.74) is 5.01. The largest absolute Gasteiger partial charge is 0.384 e. The highest BCUT2D eigenvalue weighted by atomic mass is 19.1. The molecule has 1 aromatic rings. The van der Waals surface area contributed by atoms with E-state index in [0.717, 1.165) is 0 Å². The highest BCUT2D eigenvalue weighted by Gasteiger charge is 2.50. The fraction of sp³-hybridized carbons (Fsp3) is 0.611. The third-order valence-corrected chi connectivity index (χ3v) is 5.09. The second-order valence-corrected chi connectivity index (χ2v) is 7.53. The van der Waals surface area contributed by atoms with Crippen molar-refractivity contribution in [2.24, 2.45) is 17.1 Å². The summed E-state index contributed by atoms with van der Waals surface area (Å²) >= 11 is 0. The molecule has 2 atom stereocenters. The third-order valence-electron chi connectivity index (χ3n) is 5.09. The minimum Gasteiger partial charge on any atom is -0.384 e. The predicted molar refractivity (Wildman–Crippen MR) is 88.1 cm³/mol. The van der Waals surface area contributed by atoms with Crippen LogP contribution in [0.5, 0.6) is 0 Å². The lowest BCUT2D eigenvalue weighted by molar-refractivity contribution is -0.155. The van der Waals surface area contributed by atoms with E-state index < -0.39 is 17.1 Å². The van der Waals surface area contributed by atoms with E-state index in [0.29, 0.717) is 25.1 Å². The number of nitrogens with zero attached hydrogens (tertiary/aromatic N) is 1. The topological polar surface area (TPSA) is 66.6 Å². The second-order valence-electron chi connectivity index (χ2n) is 7.53. The van der Waals surface area contributed by atoms with E-state index in [1.54, 1.807) is 17.0 Å². The van der Waals surface area contributed by atoms with E-state index in [9.17, 15) is 14.3 Å². The lowest BCUT2D eigenvalue weighted by Crippen LogP contribution is -2.59. The maximum Gasteiger partial charge on any atom is 0.239 e. The summed E-state index contributed by atoms with van der Waals surface area (Å²) in [6.45, 7) is 8.56. The molecule has 4 nitrogen and oxygen atoms in total. The number of hydrogen-bond acceptors (Lipinski definition) is 3. The van der Waals surface area contributed by atoms with Crippen LogP contribution in [0.1, 0.15) is 39.7 Å². The molecule has 1 saturated heterocycles. The van der Waals surface area contributed by atoms with Crippen LogP contribution in [0, 0.1) is 17.2 Å². The van der Waals surface area contributed by atoms with Gasteiger partial charge in [-0.1, -0.05) is 39.8 Å². The van der Waals surface area contributed by atoms with E-state index in [1.165, 1.54) is 12.1 Å². The van der Waals surface area contributed by atoms with Crippen LogP contribution in [0.2, 0.25) is 0 Å². The zero-order valence-corrected chi connectivity index (χ0v) is 14.3. The molecule has 0 aliphatic carbocycles. The number of piperidine rings is 1. The van der Waals surface area contributed by atoms with Crippen LogP contribution in [0.25, 0.3) is 0 Å². The molecule has 1 aromatic carbocycles. The normalized spacial score (nSPS) is 25.5. The molecule has 2 rings (SSSR count). The molecule has 0 radical (unpaired) electrons. The minimum absolute atomic E-state index is 0.0727. The molecule has 0 bridgehead atoms. The van der Waals surface area contributed by atoms with Gasteiger partial charge in [0, 0.05) is 18.5 Å². The van der Waals surface area contributed by atoms with Gasteiger partial charge in [0.2, 0.25) is 5.91 Å². The summed E-state index contributed by atoms with van der Waals surface area (Å²) in [6.07, 6.45) is 0.405. The number of nitrogens with two attached hydrogens (primary N) is 1. The van der Waals surface area contributed by atoms with Crippen molar-refractivity contribution in [2.75, 3.05) is 13.1 Å². The van der Waals surface area contributed by atoms with Crippen molar-refractivity contribution in [1.82, 2.24) is 4.90 Å². The standard InChI is InChI=1S/C18H27FN2O2/c1-12(2)15(20)16(22)21-10-9-18(23,17(3,4)11-21)13-5-7-14(19)8-6-13/h5-8,12,15,23H,9-11,20H2,1-4H3/t15-,18?/m1/s1. The Kier molecular flexibility index (Phi) is 4.83. The molecule has 1 aliphatic heterocycles. The maximum absolute atomic E-state index is 13.2. The molecular weight excluding hydrogens is 295 g/mol. The number of likely N-dealkylation sites (tertiary alicyclic amines) is 1. The smallest absolute Gasteiger partial charge is 0.239 e. The molecule has 0 saturated carbocycles. The Balaban J connectivity index is 2.23. The lowest BCUT2D eigenvalue weighted by atomic mass is 9.66. The summed E-state index contributed by atoms with van der Waals surface area (Å²) in [4.78, 5) is 14.2. The molecule has 5 heteroatoms. The Morgan fingerprint density at radius 1 is 1.30 bits per heavy atom. The highest BCUT2D eigenvalue weighted by Crippen LogP contribution is 2.46. The molecule has 23 heavy (non-hydrogen) atoms. The Bertz CT molecular complexity index is 571. The van der Waals surface area contributed by atoms with Gasteiger partial charge < -0.3 is 15.7 Å². The van der Waals surface area contributed by atoms with Crippen molar-refractivity contribution in [3.05, 3.63) is 35.6 Å². The van der Waals surface area contributed by atoms with Crippen molar-refractivity contribution in [2.45, 2.75) is 45.8 Å². The lowest BCUT2D eigenvalue weighted by Gasteiger charge is -2.51. The summed E-state index contributed by atoms with van der Waals surface area (Å²) in [5.74, 6) is -0.330. The number of amides is 1. The number of carbonyl (C=O) groups is 1. The van der Waals surface area contributed by atoms with Crippen LogP contribution in [0.4, 0.5) is 4.39 Å². The molecule has 1 unspecified atom stereocenters. The number of hydrogen-bond donors (Lipinski definition) is 2. The zero-order valence-electron chi connectivity index (χ0n) is 14.3. The molecule has 1 amide bonds. The van der Waals surface area contributed by atoms with E-state index in [2.05, 4.69) is 0 Å². The fourth-order valence-corrected chi connectivity index (χ4v) is 3.27. The van der Waals surface area contributed by atoms with Gasteiger partial charge in [-0.3, -0.25) is 4.79 Å². The molecule has 0 aromatic heterocycles. The average molecular weight is 322 g/mol. The number of aliphatic hydroxyl groups is 1. The van der Waals surface area contributed by atoms with Gasteiger partial charge >= 0.3 is 0 Å². The number of halogens is 1.